The number of nitrogens with one attached hydrogen (secondary N) is 1. The lowest BCUT2D eigenvalue weighted by Gasteiger charge is -2.18. The molecule has 0 spiro atoms. The van der Waals surface area contributed by atoms with Crippen molar-refractivity contribution in [2.75, 3.05) is 11.9 Å². The van der Waals surface area contributed by atoms with Gasteiger partial charge in [-0.2, -0.15) is 0 Å². The van der Waals surface area contributed by atoms with Crippen molar-refractivity contribution in [2.24, 2.45) is 0 Å². The highest BCUT2D eigenvalue weighted by molar-refractivity contribution is 7.22. The van der Waals surface area contributed by atoms with Crippen LogP contribution >= 0.6 is 11.3 Å². The predicted octanol–water partition coefficient (Wildman–Crippen LogP) is 4.39. The number of esters is 1. The molecule has 26 heavy (non-hydrogen) atoms. The number of hydrogen-bond acceptors (Lipinski definition) is 5. The molecule has 0 aliphatic heterocycles. The van der Waals surface area contributed by atoms with Gasteiger partial charge in [0.05, 0.1) is 15.8 Å². The number of thiazole rings is 1. The summed E-state index contributed by atoms with van der Waals surface area (Å²) in [6.45, 7) is 5.96. The molecule has 0 saturated heterocycles. The largest absolute Gasteiger partial charge is 0.452 e. The minimum Gasteiger partial charge on any atom is -0.452 e. The average molecular weight is 368 g/mol. The summed E-state index contributed by atoms with van der Waals surface area (Å²) in [6, 6.07) is 14.9. The highest BCUT2D eigenvalue weighted by atomic mass is 32.1. The Bertz CT molecular complexity index is 907. The number of aromatic nitrogens is 1. The second-order valence-electron chi connectivity index (χ2n) is 6.94. The highest BCUT2D eigenvalue weighted by Gasteiger charge is 2.16. The molecule has 1 heterocycles. The Kier molecular flexibility index (Phi) is 5.04. The summed E-state index contributed by atoms with van der Waals surface area (Å²) in [5, 5.41) is 3.15. The quantitative estimate of drug-likeness (QED) is 0.694. The van der Waals surface area contributed by atoms with E-state index in [2.05, 4.69) is 31.1 Å². The van der Waals surface area contributed by atoms with E-state index in [4.69, 9.17) is 4.74 Å². The highest BCUT2D eigenvalue weighted by Crippen LogP contribution is 2.25. The van der Waals surface area contributed by atoms with Gasteiger partial charge in [0.2, 0.25) is 0 Å². The molecule has 1 aromatic heterocycles. The van der Waals surface area contributed by atoms with E-state index in [1.54, 1.807) is 12.1 Å². The molecule has 2 aromatic carbocycles. The van der Waals surface area contributed by atoms with Gasteiger partial charge in [-0.3, -0.25) is 10.1 Å². The molecule has 0 unspecified atom stereocenters. The van der Waals surface area contributed by atoms with E-state index in [-0.39, 0.29) is 12.0 Å². The molecule has 0 atom stereocenters. The summed E-state index contributed by atoms with van der Waals surface area (Å²) in [7, 11) is 0. The number of amides is 1. The van der Waals surface area contributed by atoms with Gasteiger partial charge in [0, 0.05) is 0 Å². The fourth-order valence-corrected chi connectivity index (χ4v) is 3.28. The molecular formula is C20H20N2O3S. The molecule has 0 aliphatic carbocycles. The number of ether oxygens (including phenoxy) is 1. The molecule has 1 N–H and O–H groups in total. The van der Waals surface area contributed by atoms with Crippen molar-refractivity contribution in [1.82, 2.24) is 4.98 Å². The monoisotopic (exact) mass is 368 g/mol. The summed E-state index contributed by atoms with van der Waals surface area (Å²) in [5.74, 6) is -0.936. The summed E-state index contributed by atoms with van der Waals surface area (Å²) >= 11 is 1.38. The van der Waals surface area contributed by atoms with Gasteiger partial charge in [-0.25, -0.2) is 9.78 Å². The first-order chi connectivity index (χ1) is 12.3. The maximum absolute atomic E-state index is 12.1. The molecule has 3 rings (SSSR count). The zero-order chi connectivity index (χ0) is 18.7. The van der Waals surface area contributed by atoms with Crippen LogP contribution in [0.3, 0.4) is 0 Å². The van der Waals surface area contributed by atoms with Gasteiger partial charge in [0.25, 0.3) is 5.91 Å². The summed E-state index contributed by atoms with van der Waals surface area (Å²) in [4.78, 5) is 28.4. The van der Waals surface area contributed by atoms with E-state index in [0.29, 0.717) is 10.7 Å². The number of rotatable bonds is 4. The number of benzene rings is 2. The van der Waals surface area contributed by atoms with Crippen LogP contribution in [0.5, 0.6) is 0 Å². The molecule has 134 valence electrons. The maximum Gasteiger partial charge on any atom is 0.338 e. The molecule has 6 heteroatoms. The maximum atomic E-state index is 12.1. The van der Waals surface area contributed by atoms with Crippen LogP contribution in [0.15, 0.2) is 48.5 Å². The van der Waals surface area contributed by atoms with Crippen molar-refractivity contribution in [3.05, 3.63) is 59.7 Å². The van der Waals surface area contributed by atoms with Crippen molar-refractivity contribution in [3.8, 4) is 0 Å². The summed E-state index contributed by atoms with van der Waals surface area (Å²) in [5.41, 5.74) is 2.39. The summed E-state index contributed by atoms with van der Waals surface area (Å²) < 4.78 is 6.07. The Labute approximate surface area is 156 Å². The van der Waals surface area contributed by atoms with Gasteiger partial charge in [-0.05, 0) is 35.2 Å². The average Bonchev–Trinajstić information content (AvgIpc) is 3.01. The van der Waals surface area contributed by atoms with Crippen LogP contribution in [0.25, 0.3) is 10.2 Å². The van der Waals surface area contributed by atoms with Crippen molar-refractivity contribution in [3.63, 3.8) is 0 Å². The van der Waals surface area contributed by atoms with E-state index in [1.807, 2.05) is 36.4 Å². The van der Waals surface area contributed by atoms with Crippen LogP contribution in [-0.2, 0) is 14.9 Å². The van der Waals surface area contributed by atoms with Crippen LogP contribution in [-0.4, -0.2) is 23.5 Å². The van der Waals surface area contributed by atoms with E-state index in [0.717, 1.165) is 15.8 Å². The first-order valence-corrected chi connectivity index (χ1v) is 9.08. The fourth-order valence-electron chi connectivity index (χ4n) is 2.40. The normalized spacial score (nSPS) is 11.3. The Morgan fingerprint density at radius 3 is 2.42 bits per heavy atom. The van der Waals surface area contributed by atoms with Crippen molar-refractivity contribution >= 4 is 38.6 Å². The number of carbonyl (C=O) groups excluding carboxylic acids is 2. The second-order valence-corrected chi connectivity index (χ2v) is 7.97. The molecule has 0 bridgehead atoms. The second kappa shape index (κ2) is 7.25. The molecule has 0 saturated carbocycles. The molecule has 5 nitrogen and oxygen atoms in total. The first-order valence-electron chi connectivity index (χ1n) is 8.26. The molecule has 0 fully saturated rings. The van der Waals surface area contributed by atoms with Crippen molar-refractivity contribution in [1.29, 1.82) is 0 Å². The van der Waals surface area contributed by atoms with Crippen LogP contribution in [0.4, 0.5) is 5.13 Å². The van der Waals surface area contributed by atoms with Crippen LogP contribution in [0.2, 0.25) is 0 Å². The van der Waals surface area contributed by atoms with Gasteiger partial charge in [-0.15, -0.1) is 0 Å². The Morgan fingerprint density at radius 1 is 1.08 bits per heavy atom. The number of nitrogens with zero attached hydrogens (tertiary/aromatic N) is 1. The van der Waals surface area contributed by atoms with Crippen LogP contribution in [0, 0.1) is 0 Å². The molecule has 0 aliphatic rings. The number of fused-ring (bicyclic) bond motifs is 1. The lowest BCUT2D eigenvalue weighted by atomic mass is 9.87. The third-order valence-corrected chi connectivity index (χ3v) is 4.81. The van der Waals surface area contributed by atoms with Gasteiger partial charge in [-0.1, -0.05) is 56.4 Å². The van der Waals surface area contributed by atoms with E-state index in [9.17, 15) is 9.59 Å². The Balaban J connectivity index is 1.56. The van der Waals surface area contributed by atoms with Crippen LogP contribution < -0.4 is 5.32 Å². The lowest BCUT2D eigenvalue weighted by Crippen LogP contribution is -2.21. The van der Waals surface area contributed by atoms with Crippen LogP contribution in [0.1, 0.15) is 36.7 Å². The van der Waals surface area contributed by atoms with E-state index >= 15 is 0 Å². The number of carbonyl (C=O) groups is 2. The van der Waals surface area contributed by atoms with Crippen molar-refractivity contribution < 1.29 is 14.3 Å². The SMILES string of the molecule is CC(C)(C)c1ccc(C(=O)OCC(=O)Nc2nc3ccccc3s2)cc1. The van der Waals surface area contributed by atoms with Gasteiger partial charge >= 0.3 is 5.97 Å². The predicted molar refractivity (Wildman–Crippen MR) is 104 cm³/mol. The third-order valence-electron chi connectivity index (χ3n) is 3.86. The van der Waals surface area contributed by atoms with Gasteiger partial charge < -0.3 is 4.74 Å². The topological polar surface area (TPSA) is 68.3 Å². The Morgan fingerprint density at radius 2 is 1.77 bits per heavy atom. The lowest BCUT2D eigenvalue weighted by molar-refractivity contribution is -0.119. The van der Waals surface area contributed by atoms with E-state index in [1.165, 1.54) is 11.3 Å². The number of hydrogen-bond donors (Lipinski definition) is 1. The molecule has 1 amide bonds. The standard InChI is InChI=1S/C20H20N2O3S/c1-20(2,3)14-10-8-13(9-11-14)18(24)25-12-17(23)22-19-21-15-6-4-5-7-16(15)26-19/h4-11H,12H2,1-3H3,(H,21,22,23). The van der Waals surface area contributed by atoms with E-state index < -0.39 is 11.9 Å². The zero-order valence-electron chi connectivity index (χ0n) is 14.9. The van der Waals surface area contributed by atoms with Gasteiger partial charge in [0.1, 0.15) is 0 Å². The number of anilines is 1. The first kappa shape index (κ1) is 18.1. The van der Waals surface area contributed by atoms with Crippen molar-refractivity contribution in [2.45, 2.75) is 26.2 Å². The van der Waals surface area contributed by atoms with Gasteiger partial charge in [0.15, 0.2) is 11.7 Å². The number of para-hydroxylation sites is 1. The molecule has 3 aromatic rings. The zero-order valence-corrected chi connectivity index (χ0v) is 15.7. The third kappa shape index (κ3) is 4.26. The minimum absolute atomic E-state index is 0.0135. The molecule has 0 radical (unpaired) electrons. The minimum atomic E-state index is -0.523. The summed E-state index contributed by atoms with van der Waals surface area (Å²) in [6.07, 6.45) is 0. The Hall–Kier alpha value is -2.73. The fraction of sp³-hybridized carbons (Fsp3) is 0.250. The molecular weight excluding hydrogens is 348 g/mol. The smallest absolute Gasteiger partial charge is 0.338 e.